The van der Waals surface area contributed by atoms with E-state index < -0.39 is 35.9 Å². The monoisotopic (exact) mass is 499 g/mol. The summed E-state index contributed by atoms with van der Waals surface area (Å²) in [6, 6.07) is 6.15. The number of nitriles is 1. The second kappa shape index (κ2) is 10.1. The molecule has 0 radical (unpaired) electrons. The van der Waals surface area contributed by atoms with Crippen LogP contribution in [0.3, 0.4) is 0 Å². The molecule has 0 spiro atoms. The third-order valence-electron chi connectivity index (χ3n) is 7.18. The number of halogens is 1. The van der Waals surface area contributed by atoms with E-state index in [4.69, 9.17) is 4.74 Å². The highest BCUT2D eigenvalue weighted by Crippen LogP contribution is 2.38. The molecule has 0 aliphatic carbocycles. The van der Waals surface area contributed by atoms with Gasteiger partial charge in [0.25, 0.3) is 0 Å². The van der Waals surface area contributed by atoms with Crippen molar-refractivity contribution in [3.8, 4) is 6.07 Å². The van der Waals surface area contributed by atoms with E-state index in [1.54, 1.807) is 43.9 Å². The van der Waals surface area contributed by atoms with Gasteiger partial charge in [0.05, 0.1) is 18.2 Å². The maximum atomic E-state index is 14.4. The van der Waals surface area contributed by atoms with Gasteiger partial charge in [0, 0.05) is 31.2 Å². The van der Waals surface area contributed by atoms with E-state index >= 15 is 0 Å². The molecule has 0 aromatic heterocycles. The maximum absolute atomic E-state index is 14.4. The smallest absolute Gasteiger partial charge is 0.408 e. The van der Waals surface area contributed by atoms with Crippen LogP contribution >= 0.6 is 0 Å². The van der Waals surface area contributed by atoms with Crippen LogP contribution in [0.15, 0.2) is 24.3 Å². The molecular formula is C26H34FN5O4. The number of carbonyl (C=O) groups excluding carboxylic acids is 3. The Morgan fingerprint density at radius 3 is 2.67 bits per heavy atom. The first-order chi connectivity index (χ1) is 17.0. The number of benzene rings is 1. The topological polar surface area (TPSA) is 106 Å². The van der Waals surface area contributed by atoms with Gasteiger partial charge in [-0.2, -0.15) is 5.26 Å². The Labute approximate surface area is 211 Å². The average molecular weight is 500 g/mol. The van der Waals surface area contributed by atoms with Gasteiger partial charge in [-0.25, -0.2) is 9.18 Å². The van der Waals surface area contributed by atoms with Crippen molar-refractivity contribution in [1.29, 1.82) is 5.26 Å². The first kappa shape index (κ1) is 25.9. The van der Waals surface area contributed by atoms with E-state index in [0.29, 0.717) is 31.5 Å². The molecule has 3 saturated heterocycles. The van der Waals surface area contributed by atoms with E-state index in [0.717, 1.165) is 6.42 Å². The molecule has 10 heteroatoms. The minimum Gasteiger partial charge on any atom is -0.444 e. The van der Waals surface area contributed by atoms with Crippen LogP contribution in [-0.4, -0.2) is 82.0 Å². The van der Waals surface area contributed by atoms with Gasteiger partial charge in [0.15, 0.2) is 0 Å². The summed E-state index contributed by atoms with van der Waals surface area (Å²) in [4.78, 5) is 44.5. The molecule has 5 atom stereocenters. The summed E-state index contributed by atoms with van der Waals surface area (Å²) in [5.41, 5.74) is -0.270. The van der Waals surface area contributed by atoms with E-state index in [9.17, 15) is 24.0 Å². The van der Waals surface area contributed by atoms with Gasteiger partial charge in [0.1, 0.15) is 23.5 Å². The lowest BCUT2D eigenvalue weighted by molar-refractivity contribution is -0.141. The summed E-state index contributed by atoms with van der Waals surface area (Å²) in [7, 11) is 0. The Hall–Kier alpha value is -3.19. The predicted molar refractivity (Wildman–Crippen MR) is 129 cm³/mol. The number of piperazine rings is 1. The molecule has 194 valence electrons. The largest absolute Gasteiger partial charge is 0.444 e. The summed E-state index contributed by atoms with van der Waals surface area (Å²) in [6.45, 7) is 8.12. The highest BCUT2D eigenvalue weighted by Gasteiger charge is 2.52. The fourth-order valence-corrected chi connectivity index (χ4v) is 5.60. The number of rotatable bonds is 6. The Bertz CT molecular complexity index is 1070. The van der Waals surface area contributed by atoms with Gasteiger partial charge in [0.2, 0.25) is 11.8 Å². The van der Waals surface area contributed by atoms with Crippen molar-refractivity contribution in [1.82, 2.24) is 20.0 Å². The third kappa shape index (κ3) is 5.16. The molecule has 3 amide bonds. The van der Waals surface area contributed by atoms with Crippen LogP contribution in [0.5, 0.6) is 0 Å². The van der Waals surface area contributed by atoms with Crippen molar-refractivity contribution in [2.24, 2.45) is 0 Å². The zero-order valence-electron chi connectivity index (χ0n) is 21.2. The number of hydrogen-bond donors (Lipinski definition) is 1. The summed E-state index contributed by atoms with van der Waals surface area (Å²) in [5.74, 6) is -0.805. The number of carbonyl (C=O) groups is 3. The van der Waals surface area contributed by atoms with Crippen LogP contribution in [0.4, 0.5) is 9.18 Å². The molecule has 3 aliphatic heterocycles. The Balaban J connectivity index is 1.49. The first-order valence-corrected chi connectivity index (χ1v) is 12.5. The molecule has 3 aliphatic rings. The number of nitrogens with zero attached hydrogens (tertiary/aromatic N) is 4. The van der Waals surface area contributed by atoms with Gasteiger partial charge in [-0.1, -0.05) is 18.2 Å². The Kier molecular flexibility index (Phi) is 7.23. The molecule has 0 saturated carbocycles. The predicted octanol–water partition coefficient (Wildman–Crippen LogP) is 2.58. The molecule has 3 fully saturated rings. The van der Waals surface area contributed by atoms with Crippen LogP contribution in [0, 0.1) is 17.1 Å². The number of hydrogen-bond acceptors (Lipinski definition) is 6. The van der Waals surface area contributed by atoms with Crippen LogP contribution in [0.25, 0.3) is 0 Å². The molecule has 1 aromatic carbocycles. The highest BCUT2D eigenvalue weighted by atomic mass is 19.1. The molecule has 3 heterocycles. The molecule has 36 heavy (non-hydrogen) atoms. The molecule has 9 nitrogen and oxygen atoms in total. The van der Waals surface area contributed by atoms with Crippen LogP contribution in [-0.2, 0) is 14.3 Å². The van der Waals surface area contributed by atoms with Gasteiger partial charge in [-0.05, 0) is 53.0 Å². The minimum absolute atomic E-state index is 0.110. The molecule has 1 aromatic rings. The molecule has 2 bridgehead atoms. The van der Waals surface area contributed by atoms with Gasteiger partial charge >= 0.3 is 6.09 Å². The zero-order valence-corrected chi connectivity index (χ0v) is 21.2. The standard InChI is InChI=1S/C26H34FN5O4/c1-16(19-9-5-6-10-20(19)27)32-18-12-22(24(32)34)30(14-18)15-21(29-25(35)36-26(2,3)4)23(33)31-11-7-8-17(31)13-28/h5-6,9-10,16-18,21-22H,7-8,11-12,14-15H2,1-4H3,(H,29,35)/t16-,17-,18?,21-,22-/m0/s1. The van der Waals surface area contributed by atoms with Crippen molar-refractivity contribution in [2.75, 3.05) is 19.6 Å². The lowest BCUT2D eigenvalue weighted by atomic mass is 10.0. The second-order valence-electron chi connectivity index (χ2n) is 10.8. The fraction of sp³-hybridized carbons (Fsp3) is 0.615. The lowest BCUT2D eigenvalue weighted by Gasteiger charge is -2.39. The summed E-state index contributed by atoms with van der Waals surface area (Å²) >= 11 is 0. The molecule has 1 unspecified atom stereocenters. The van der Waals surface area contributed by atoms with Gasteiger partial charge < -0.3 is 19.9 Å². The number of nitrogens with one attached hydrogen (secondary N) is 1. The van der Waals surface area contributed by atoms with Crippen molar-refractivity contribution >= 4 is 17.9 Å². The van der Waals surface area contributed by atoms with Crippen LogP contribution < -0.4 is 5.32 Å². The minimum atomic E-state index is -0.960. The number of ether oxygens (including phenoxy) is 1. The number of likely N-dealkylation sites (tertiary alicyclic amines) is 3. The molecule has 4 rings (SSSR count). The Morgan fingerprint density at radius 2 is 2.03 bits per heavy atom. The van der Waals surface area contributed by atoms with Gasteiger partial charge in [-0.15, -0.1) is 0 Å². The second-order valence-corrected chi connectivity index (χ2v) is 10.8. The van der Waals surface area contributed by atoms with Crippen molar-refractivity contribution in [3.63, 3.8) is 0 Å². The van der Waals surface area contributed by atoms with Crippen LogP contribution in [0.1, 0.15) is 58.6 Å². The maximum Gasteiger partial charge on any atom is 0.408 e. The van der Waals surface area contributed by atoms with Crippen LogP contribution in [0.2, 0.25) is 0 Å². The summed E-state index contributed by atoms with van der Waals surface area (Å²) < 4.78 is 19.8. The van der Waals surface area contributed by atoms with E-state index in [1.807, 2.05) is 11.8 Å². The normalized spacial score (nSPS) is 25.6. The number of amides is 3. The quantitative estimate of drug-likeness (QED) is 0.645. The summed E-state index contributed by atoms with van der Waals surface area (Å²) in [6.07, 6.45) is 1.17. The molecule has 1 N–H and O–H groups in total. The van der Waals surface area contributed by atoms with E-state index in [-0.39, 0.29) is 30.2 Å². The first-order valence-electron chi connectivity index (χ1n) is 12.5. The third-order valence-corrected chi connectivity index (χ3v) is 7.18. The highest BCUT2D eigenvalue weighted by molar-refractivity contribution is 5.88. The van der Waals surface area contributed by atoms with Crippen molar-refractivity contribution < 1.29 is 23.5 Å². The van der Waals surface area contributed by atoms with Gasteiger partial charge in [-0.3, -0.25) is 14.5 Å². The van der Waals surface area contributed by atoms with Crippen molar-refractivity contribution in [3.05, 3.63) is 35.6 Å². The fourth-order valence-electron chi connectivity index (χ4n) is 5.60. The Morgan fingerprint density at radius 1 is 1.31 bits per heavy atom. The SMILES string of the molecule is C[C@@H](c1ccccc1F)N1C(=O)[C@@H]2CC1CN2C[C@H](NC(=O)OC(C)(C)C)C(=O)N1CCC[C@H]1C#N. The van der Waals surface area contributed by atoms with E-state index in [2.05, 4.69) is 11.4 Å². The average Bonchev–Trinajstić information content (AvgIpc) is 3.51. The number of alkyl carbamates (subject to hydrolysis) is 1. The lowest BCUT2D eigenvalue weighted by Crippen LogP contribution is -2.59. The molecular weight excluding hydrogens is 465 g/mol. The summed E-state index contributed by atoms with van der Waals surface area (Å²) in [5, 5.41) is 12.1. The number of fused-ring (bicyclic) bond motifs is 2. The zero-order chi connectivity index (χ0) is 26.2. The van der Waals surface area contributed by atoms with E-state index in [1.165, 1.54) is 11.0 Å². The van der Waals surface area contributed by atoms with Crippen molar-refractivity contribution in [2.45, 2.75) is 82.8 Å².